The summed E-state index contributed by atoms with van der Waals surface area (Å²) >= 11 is 5.56. The molecule has 0 spiro atoms. The first-order valence-electron chi connectivity index (χ1n) is 5.74. The number of ether oxygens (including phenoxy) is 1. The van der Waals surface area contributed by atoms with E-state index >= 15 is 0 Å². The molecule has 0 saturated heterocycles. The molecule has 0 saturated carbocycles. The highest BCUT2D eigenvalue weighted by Gasteiger charge is 2.10. The van der Waals surface area contributed by atoms with Crippen molar-refractivity contribution in [2.45, 2.75) is 6.92 Å². The van der Waals surface area contributed by atoms with Crippen molar-refractivity contribution in [2.24, 2.45) is 0 Å². The van der Waals surface area contributed by atoms with E-state index in [1.165, 1.54) is 12.1 Å². The van der Waals surface area contributed by atoms with Crippen molar-refractivity contribution in [3.63, 3.8) is 0 Å². The lowest BCUT2D eigenvalue weighted by molar-refractivity contribution is 0.0920. The van der Waals surface area contributed by atoms with Crippen LogP contribution in [0.3, 0.4) is 0 Å². The zero-order valence-electron chi connectivity index (χ0n) is 10.3. The summed E-state index contributed by atoms with van der Waals surface area (Å²) in [5.74, 6) is -0.431. The highest BCUT2D eigenvalue weighted by molar-refractivity contribution is 6.30. The molecule has 0 fully saturated rings. The number of Topliss-reactive ketones (excluding diaryl/α,β-unsaturated/α-hetero) is 1. The minimum Gasteiger partial charge on any atom is -0.485 e. The van der Waals surface area contributed by atoms with Crippen LogP contribution in [0, 0.1) is 12.7 Å². The van der Waals surface area contributed by atoms with Gasteiger partial charge in [-0.05, 0) is 24.6 Å². The maximum absolute atomic E-state index is 13.2. The number of hydrogen-bond donors (Lipinski definition) is 0. The van der Waals surface area contributed by atoms with Crippen LogP contribution in [0.15, 0.2) is 42.5 Å². The molecule has 4 heteroatoms. The smallest absolute Gasteiger partial charge is 0.200 e. The van der Waals surface area contributed by atoms with Crippen LogP contribution >= 0.6 is 11.6 Å². The number of halogens is 2. The maximum atomic E-state index is 13.2. The van der Waals surface area contributed by atoms with Crippen LogP contribution in [-0.2, 0) is 0 Å². The molecule has 2 nitrogen and oxygen atoms in total. The summed E-state index contributed by atoms with van der Waals surface area (Å²) in [6.45, 7) is 1.72. The van der Waals surface area contributed by atoms with E-state index in [1.807, 2.05) is 19.1 Å². The molecule has 0 aliphatic rings. The molecule has 2 aromatic rings. The second-order valence-electron chi connectivity index (χ2n) is 4.10. The SMILES string of the molecule is Cc1ccccc1C(=O)COc1ccc(Cl)c(F)c1. The quantitative estimate of drug-likeness (QED) is 0.789. The molecule has 0 aliphatic heterocycles. The zero-order valence-corrected chi connectivity index (χ0v) is 11.1. The Hall–Kier alpha value is -1.87. The number of ketones is 1. The minimum absolute atomic E-state index is 0.0255. The van der Waals surface area contributed by atoms with Gasteiger partial charge in [0, 0.05) is 11.6 Å². The lowest BCUT2D eigenvalue weighted by Crippen LogP contribution is -2.12. The Morgan fingerprint density at radius 1 is 1.26 bits per heavy atom. The first kappa shape index (κ1) is 13.6. The average Bonchev–Trinajstić information content (AvgIpc) is 2.40. The molecule has 98 valence electrons. The molecule has 0 N–H and O–H groups in total. The van der Waals surface area contributed by atoms with Crippen LogP contribution in [0.1, 0.15) is 15.9 Å². The third-order valence-electron chi connectivity index (χ3n) is 2.71. The van der Waals surface area contributed by atoms with Crippen LogP contribution < -0.4 is 4.74 Å². The van der Waals surface area contributed by atoms with Crippen LogP contribution in [0.4, 0.5) is 4.39 Å². The van der Waals surface area contributed by atoms with Crippen LogP contribution in [0.25, 0.3) is 0 Å². The Labute approximate surface area is 115 Å². The number of rotatable bonds is 4. The summed E-state index contributed by atoms with van der Waals surface area (Å²) in [5, 5.41) is 0.0255. The third-order valence-corrected chi connectivity index (χ3v) is 3.01. The molecule has 2 rings (SSSR count). The van der Waals surface area contributed by atoms with Gasteiger partial charge in [-0.15, -0.1) is 0 Å². The lowest BCUT2D eigenvalue weighted by Gasteiger charge is -2.07. The Balaban J connectivity index is 2.04. The molecule has 0 amide bonds. The predicted octanol–water partition coefficient (Wildman–Crippen LogP) is 4.05. The van der Waals surface area contributed by atoms with E-state index in [4.69, 9.17) is 16.3 Å². The molecule has 0 aliphatic carbocycles. The molecule has 0 heterocycles. The summed E-state index contributed by atoms with van der Waals surface area (Å²) in [6.07, 6.45) is 0. The van der Waals surface area contributed by atoms with Gasteiger partial charge >= 0.3 is 0 Å². The molecular formula is C15H12ClFO2. The highest BCUT2D eigenvalue weighted by atomic mass is 35.5. The van der Waals surface area contributed by atoms with Crippen molar-refractivity contribution >= 4 is 17.4 Å². The number of aryl methyl sites for hydroxylation is 1. The Kier molecular flexibility index (Phi) is 4.17. The van der Waals surface area contributed by atoms with Gasteiger partial charge in [-0.2, -0.15) is 0 Å². The van der Waals surface area contributed by atoms with Gasteiger partial charge in [-0.25, -0.2) is 4.39 Å². The summed E-state index contributed by atoms with van der Waals surface area (Å²) in [5.41, 5.74) is 1.50. The predicted molar refractivity (Wildman–Crippen MR) is 72.4 cm³/mol. The van der Waals surface area contributed by atoms with Crippen molar-refractivity contribution < 1.29 is 13.9 Å². The molecule has 2 aromatic carbocycles. The molecule has 0 atom stereocenters. The topological polar surface area (TPSA) is 26.3 Å². The van der Waals surface area contributed by atoms with E-state index in [0.717, 1.165) is 11.6 Å². The van der Waals surface area contributed by atoms with E-state index in [9.17, 15) is 9.18 Å². The van der Waals surface area contributed by atoms with Gasteiger partial charge in [0.25, 0.3) is 0 Å². The zero-order chi connectivity index (χ0) is 13.8. The second-order valence-corrected chi connectivity index (χ2v) is 4.51. The van der Waals surface area contributed by atoms with Gasteiger partial charge in [0.2, 0.25) is 0 Å². The van der Waals surface area contributed by atoms with Gasteiger partial charge in [-0.1, -0.05) is 35.9 Å². The van der Waals surface area contributed by atoms with E-state index < -0.39 is 5.82 Å². The summed E-state index contributed by atoms with van der Waals surface area (Å²) in [6, 6.07) is 11.3. The van der Waals surface area contributed by atoms with Crippen molar-refractivity contribution in [1.29, 1.82) is 0 Å². The van der Waals surface area contributed by atoms with Gasteiger partial charge in [-0.3, -0.25) is 4.79 Å². The number of hydrogen-bond acceptors (Lipinski definition) is 2. The first-order chi connectivity index (χ1) is 9.08. The van der Waals surface area contributed by atoms with Gasteiger partial charge in [0.15, 0.2) is 12.4 Å². The van der Waals surface area contributed by atoms with E-state index in [0.29, 0.717) is 5.56 Å². The minimum atomic E-state index is -0.567. The monoisotopic (exact) mass is 278 g/mol. The van der Waals surface area contributed by atoms with Gasteiger partial charge in [0.1, 0.15) is 11.6 Å². The fraction of sp³-hybridized carbons (Fsp3) is 0.133. The van der Waals surface area contributed by atoms with E-state index in [-0.39, 0.29) is 23.2 Å². The molecule has 19 heavy (non-hydrogen) atoms. The van der Waals surface area contributed by atoms with Crippen LogP contribution in [-0.4, -0.2) is 12.4 Å². The molecule has 0 radical (unpaired) electrons. The van der Waals surface area contributed by atoms with Crippen molar-refractivity contribution in [1.82, 2.24) is 0 Å². The largest absolute Gasteiger partial charge is 0.485 e. The molecule has 0 unspecified atom stereocenters. The number of carbonyl (C=O) groups excluding carboxylic acids is 1. The Bertz CT molecular complexity index is 611. The number of carbonyl (C=O) groups is 1. The van der Waals surface area contributed by atoms with E-state index in [2.05, 4.69) is 0 Å². The first-order valence-corrected chi connectivity index (χ1v) is 6.12. The molecule has 0 aromatic heterocycles. The van der Waals surface area contributed by atoms with Crippen molar-refractivity contribution in [3.8, 4) is 5.75 Å². The van der Waals surface area contributed by atoms with Crippen LogP contribution in [0.5, 0.6) is 5.75 Å². The second kappa shape index (κ2) is 5.85. The van der Waals surface area contributed by atoms with Crippen LogP contribution in [0.2, 0.25) is 5.02 Å². The van der Waals surface area contributed by atoms with E-state index in [1.54, 1.807) is 12.1 Å². The molecular weight excluding hydrogens is 267 g/mol. The normalized spacial score (nSPS) is 10.3. The third kappa shape index (κ3) is 3.32. The summed E-state index contributed by atoms with van der Waals surface area (Å²) in [7, 11) is 0. The van der Waals surface area contributed by atoms with Crippen molar-refractivity contribution in [3.05, 3.63) is 64.4 Å². The van der Waals surface area contributed by atoms with Crippen molar-refractivity contribution in [2.75, 3.05) is 6.61 Å². The fourth-order valence-corrected chi connectivity index (χ4v) is 1.80. The lowest BCUT2D eigenvalue weighted by atomic mass is 10.1. The Morgan fingerprint density at radius 3 is 2.68 bits per heavy atom. The highest BCUT2D eigenvalue weighted by Crippen LogP contribution is 2.20. The molecule has 0 bridgehead atoms. The summed E-state index contributed by atoms with van der Waals surface area (Å²) < 4.78 is 18.5. The Morgan fingerprint density at radius 2 is 2.00 bits per heavy atom. The maximum Gasteiger partial charge on any atom is 0.200 e. The number of benzene rings is 2. The average molecular weight is 279 g/mol. The van der Waals surface area contributed by atoms with Gasteiger partial charge in [0.05, 0.1) is 5.02 Å². The van der Waals surface area contributed by atoms with Gasteiger partial charge < -0.3 is 4.74 Å². The standard InChI is InChI=1S/C15H12ClFO2/c1-10-4-2-3-5-12(10)15(18)9-19-11-6-7-13(16)14(17)8-11/h2-8H,9H2,1H3. The summed E-state index contributed by atoms with van der Waals surface area (Å²) in [4.78, 5) is 11.9. The fourth-order valence-electron chi connectivity index (χ4n) is 1.68.